The molecular weight excluding hydrogens is 526 g/mol. The maximum atomic E-state index is 12.8. The number of fused-ring (bicyclic) bond motifs is 2. The molecule has 0 radical (unpaired) electrons. The summed E-state index contributed by atoms with van der Waals surface area (Å²) in [5, 5.41) is 18.7. The highest BCUT2D eigenvalue weighted by molar-refractivity contribution is 8.27. The van der Waals surface area contributed by atoms with Gasteiger partial charge >= 0.3 is 0 Å². The lowest BCUT2D eigenvalue weighted by Crippen LogP contribution is -2.34. The zero-order valence-corrected chi connectivity index (χ0v) is 23.3. The van der Waals surface area contributed by atoms with Crippen molar-refractivity contribution in [1.82, 2.24) is 0 Å². The zero-order chi connectivity index (χ0) is 27.4. The quantitative estimate of drug-likeness (QED) is 0.189. The van der Waals surface area contributed by atoms with Crippen LogP contribution in [0.4, 0.5) is 11.4 Å². The maximum absolute atomic E-state index is 12.8. The van der Waals surface area contributed by atoms with E-state index in [0.717, 1.165) is 33.4 Å². The predicted octanol–water partition coefficient (Wildman–Crippen LogP) is 7.52. The van der Waals surface area contributed by atoms with E-state index in [0.29, 0.717) is 10.7 Å². The van der Waals surface area contributed by atoms with E-state index < -0.39 is 13.9 Å². The summed E-state index contributed by atoms with van der Waals surface area (Å²) >= 11 is 3.13. The van der Waals surface area contributed by atoms with Crippen molar-refractivity contribution in [3.8, 4) is 0 Å². The van der Waals surface area contributed by atoms with Gasteiger partial charge in [-0.3, -0.25) is 14.9 Å². The second kappa shape index (κ2) is 9.39. The van der Waals surface area contributed by atoms with Crippen molar-refractivity contribution in [3.63, 3.8) is 0 Å². The number of non-ortho nitro benzene ring substituents is 1. The molecule has 0 saturated carbocycles. The summed E-state index contributed by atoms with van der Waals surface area (Å²) in [5.41, 5.74) is 7.27. The highest BCUT2D eigenvalue weighted by atomic mass is 32.2. The monoisotopic (exact) mass is 551 g/mol. The number of rotatable bonds is 5. The van der Waals surface area contributed by atoms with E-state index >= 15 is 0 Å². The molecule has 0 bridgehead atoms. The fourth-order valence-corrected chi connectivity index (χ4v) is 9.29. The molecule has 194 valence electrons. The van der Waals surface area contributed by atoms with Gasteiger partial charge in [-0.2, -0.15) is 5.10 Å². The van der Waals surface area contributed by atoms with Gasteiger partial charge in [-0.05, 0) is 47.7 Å². The van der Waals surface area contributed by atoms with Crippen molar-refractivity contribution in [3.05, 3.63) is 141 Å². The van der Waals surface area contributed by atoms with Gasteiger partial charge in [0.05, 0.1) is 15.4 Å². The topological polar surface area (TPSA) is 75.8 Å². The van der Waals surface area contributed by atoms with Crippen molar-refractivity contribution in [2.75, 3.05) is 5.01 Å². The lowest BCUT2D eigenvalue weighted by molar-refractivity contribution is -0.384. The van der Waals surface area contributed by atoms with Crippen LogP contribution in [0.15, 0.2) is 102 Å². The molecule has 4 aromatic rings. The van der Waals surface area contributed by atoms with Crippen molar-refractivity contribution >= 4 is 45.7 Å². The van der Waals surface area contributed by atoms with Crippen LogP contribution in [0.25, 0.3) is 0 Å². The molecule has 4 aromatic carbocycles. The van der Waals surface area contributed by atoms with Crippen LogP contribution in [0.1, 0.15) is 40.3 Å². The summed E-state index contributed by atoms with van der Waals surface area (Å²) in [5.74, 6) is -0.144. The van der Waals surface area contributed by atoms with Crippen LogP contribution in [-0.4, -0.2) is 15.8 Å². The molecule has 1 unspecified atom stereocenters. The summed E-state index contributed by atoms with van der Waals surface area (Å²) in [6.45, 7) is 5.76. The Labute approximate surface area is 235 Å². The van der Waals surface area contributed by atoms with E-state index in [1.54, 1.807) is 17.8 Å². The van der Waals surface area contributed by atoms with E-state index in [-0.39, 0.29) is 11.5 Å². The summed E-state index contributed by atoms with van der Waals surface area (Å²) < 4.78 is -1.50. The SMILES string of the molecule is CC(=O)C1=NN(c2cccc([N+](=O)[O-])c2)C2(S1)SC(c1ccccc1C)(c1ccccc1C)c1ccccc12. The molecule has 0 aliphatic carbocycles. The van der Waals surface area contributed by atoms with Gasteiger partial charge < -0.3 is 0 Å². The Bertz CT molecular complexity index is 1640. The summed E-state index contributed by atoms with van der Waals surface area (Å²) in [6.07, 6.45) is 0. The third-order valence-corrected chi connectivity index (χ3v) is 10.6. The predicted molar refractivity (Wildman–Crippen MR) is 159 cm³/mol. The average molecular weight is 552 g/mol. The third kappa shape index (κ3) is 3.81. The van der Waals surface area contributed by atoms with Gasteiger partial charge in [0.1, 0.15) is 0 Å². The van der Waals surface area contributed by atoms with Crippen molar-refractivity contribution in [2.24, 2.45) is 5.10 Å². The standard InChI is InChI=1S/C31H25N3O3S2/c1-20-11-4-6-15-25(20)30(26-16-7-5-12-21(26)2)27-17-8-9-18-28(27)31(39-30)33(32-29(38-31)22(3)35)23-13-10-14-24(19-23)34(36)37/h4-19H,1-3H3. The van der Waals surface area contributed by atoms with Crippen LogP contribution in [-0.2, 0) is 13.7 Å². The van der Waals surface area contributed by atoms with Gasteiger partial charge in [0.25, 0.3) is 5.69 Å². The Hall–Kier alpha value is -3.88. The summed E-state index contributed by atoms with van der Waals surface area (Å²) in [6, 6.07) is 31.6. The number of Topliss-reactive ketones (excluding diaryl/α,β-unsaturated/α-hetero) is 1. The molecule has 0 aromatic heterocycles. The number of nitrogens with zero attached hydrogens (tertiary/aromatic N) is 3. The number of nitro groups is 1. The molecular formula is C31H25N3O3S2. The fraction of sp³-hybridized carbons (Fsp3) is 0.161. The number of benzene rings is 4. The minimum atomic E-state index is -0.878. The second-order valence-corrected chi connectivity index (χ2v) is 12.5. The number of ketones is 1. The Morgan fingerprint density at radius 2 is 1.38 bits per heavy atom. The number of hydrogen-bond acceptors (Lipinski definition) is 7. The van der Waals surface area contributed by atoms with Gasteiger partial charge in [0.2, 0.25) is 0 Å². The molecule has 1 atom stereocenters. The van der Waals surface area contributed by atoms with Crippen LogP contribution < -0.4 is 5.01 Å². The summed E-state index contributed by atoms with van der Waals surface area (Å²) in [7, 11) is 0. The molecule has 1 spiro atoms. The molecule has 2 aliphatic rings. The molecule has 0 fully saturated rings. The first kappa shape index (κ1) is 25.4. The average Bonchev–Trinajstić information content (AvgIpc) is 3.46. The largest absolute Gasteiger partial charge is 0.292 e. The van der Waals surface area contributed by atoms with Crippen molar-refractivity contribution < 1.29 is 9.72 Å². The number of hydrogen-bond donors (Lipinski definition) is 0. The fourth-order valence-electron chi connectivity index (χ4n) is 5.56. The number of nitro benzene ring substituents is 1. The van der Waals surface area contributed by atoms with E-state index in [9.17, 15) is 14.9 Å². The Kier molecular flexibility index (Phi) is 6.12. The van der Waals surface area contributed by atoms with Crippen LogP contribution in [0, 0.1) is 24.0 Å². The lowest BCUT2D eigenvalue weighted by Gasteiger charge is -2.38. The molecule has 0 N–H and O–H groups in total. The minimum Gasteiger partial charge on any atom is -0.292 e. The van der Waals surface area contributed by atoms with Crippen LogP contribution in [0.5, 0.6) is 0 Å². The highest BCUT2D eigenvalue weighted by Crippen LogP contribution is 2.71. The van der Waals surface area contributed by atoms with Gasteiger partial charge in [0, 0.05) is 24.6 Å². The van der Waals surface area contributed by atoms with E-state index in [1.807, 2.05) is 35.3 Å². The number of aryl methyl sites for hydroxylation is 2. The molecule has 8 heteroatoms. The van der Waals surface area contributed by atoms with Crippen LogP contribution in [0.2, 0.25) is 0 Å². The second-order valence-electron chi connectivity index (χ2n) is 9.69. The molecule has 0 amide bonds. The number of anilines is 1. The lowest BCUT2D eigenvalue weighted by atomic mass is 9.79. The molecule has 6 rings (SSSR count). The first-order chi connectivity index (χ1) is 18.8. The van der Waals surface area contributed by atoms with Gasteiger partial charge in [-0.25, -0.2) is 5.01 Å². The third-order valence-electron chi connectivity index (χ3n) is 7.28. The first-order valence-corrected chi connectivity index (χ1v) is 14.2. The van der Waals surface area contributed by atoms with Gasteiger partial charge in [0.15, 0.2) is 15.0 Å². The van der Waals surface area contributed by atoms with Crippen molar-refractivity contribution in [1.29, 1.82) is 0 Å². The molecule has 0 saturated heterocycles. The van der Waals surface area contributed by atoms with Crippen LogP contribution in [0.3, 0.4) is 0 Å². The van der Waals surface area contributed by atoms with Gasteiger partial charge in [-0.15, -0.1) is 0 Å². The van der Waals surface area contributed by atoms with Crippen molar-refractivity contribution in [2.45, 2.75) is 29.7 Å². The minimum absolute atomic E-state index is 0.0283. The molecule has 6 nitrogen and oxygen atoms in total. The Balaban J connectivity index is 1.68. The van der Waals surface area contributed by atoms with E-state index in [2.05, 4.69) is 62.4 Å². The normalized spacial score (nSPS) is 19.2. The Morgan fingerprint density at radius 1 is 0.821 bits per heavy atom. The molecule has 39 heavy (non-hydrogen) atoms. The maximum Gasteiger partial charge on any atom is 0.271 e. The first-order valence-electron chi connectivity index (χ1n) is 12.5. The summed E-state index contributed by atoms with van der Waals surface area (Å²) in [4.78, 5) is 24.0. The number of thioether (sulfide) groups is 2. The number of carbonyl (C=O) groups is 1. The Morgan fingerprint density at radius 3 is 1.95 bits per heavy atom. The number of carbonyl (C=O) groups excluding carboxylic acids is 1. The zero-order valence-electron chi connectivity index (χ0n) is 21.6. The smallest absolute Gasteiger partial charge is 0.271 e. The number of hydrazone groups is 1. The van der Waals surface area contributed by atoms with E-state index in [1.165, 1.54) is 30.8 Å². The van der Waals surface area contributed by atoms with E-state index in [4.69, 9.17) is 5.10 Å². The van der Waals surface area contributed by atoms with Gasteiger partial charge in [-0.1, -0.05) is 102 Å². The molecule has 2 aliphatic heterocycles. The van der Waals surface area contributed by atoms with Crippen LogP contribution >= 0.6 is 23.5 Å². The molecule has 2 heterocycles. The highest BCUT2D eigenvalue weighted by Gasteiger charge is 2.62.